The minimum absolute atomic E-state index is 0.288. The molecule has 0 bridgehead atoms. The minimum Gasteiger partial charge on any atom is -0.281 e. The standard InChI is InChI=1S/C8H8ClN3O2S/c1-6-4-8(9)11-5-7(6)12-15(13,14)3-2-10/h4-5,12H,3H2,1H3. The van der Waals surface area contributed by atoms with E-state index in [0.717, 1.165) is 0 Å². The van der Waals surface area contributed by atoms with Crippen LogP contribution in [0.3, 0.4) is 0 Å². The summed E-state index contributed by atoms with van der Waals surface area (Å²) in [6.45, 7) is 1.69. The van der Waals surface area contributed by atoms with Gasteiger partial charge in [-0.3, -0.25) is 4.72 Å². The van der Waals surface area contributed by atoms with Crippen LogP contribution in [-0.2, 0) is 10.0 Å². The molecular weight excluding hydrogens is 238 g/mol. The highest BCUT2D eigenvalue weighted by Crippen LogP contribution is 2.17. The van der Waals surface area contributed by atoms with Gasteiger partial charge in [0.2, 0.25) is 10.0 Å². The number of nitrogens with zero attached hydrogens (tertiary/aromatic N) is 2. The van der Waals surface area contributed by atoms with Crippen molar-refractivity contribution in [3.8, 4) is 6.07 Å². The third kappa shape index (κ3) is 3.38. The summed E-state index contributed by atoms with van der Waals surface area (Å²) in [6.07, 6.45) is 1.31. The number of hydrogen-bond donors (Lipinski definition) is 1. The SMILES string of the molecule is Cc1cc(Cl)ncc1NS(=O)(=O)CC#N. The number of sulfonamides is 1. The molecule has 1 heterocycles. The maximum absolute atomic E-state index is 11.2. The maximum atomic E-state index is 11.2. The summed E-state index contributed by atoms with van der Waals surface area (Å²) in [5.74, 6) is -0.588. The third-order valence-electron chi connectivity index (χ3n) is 1.60. The smallest absolute Gasteiger partial charge is 0.246 e. The monoisotopic (exact) mass is 245 g/mol. The minimum atomic E-state index is -3.61. The van der Waals surface area contributed by atoms with E-state index in [-0.39, 0.29) is 5.15 Å². The predicted octanol–water partition coefficient (Wildman–Crippen LogP) is 1.31. The lowest BCUT2D eigenvalue weighted by molar-refractivity contribution is 0.604. The van der Waals surface area contributed by atoms with Gasteiger partial charge >= 0.3 is 0 Å². The first kappa shape index (κ1) is 11.8. The lowest BCUT2D eigenvalue weighted by Gasteiger charge is -2.07. The second-order valence-electron chi connectivity index (χ2n) is 2.84. The predicted molar refractivity (Wildman–Crippen MR) is 57.0 cm³/mol. The van der Waals surface area contributed by atoms with Crippen LogP contribution in [0.5, 0.6) is 0 Å². The number of aromatic nitrogens is 1. The van der Waals surface area contributed by atoms with Gasteiger partial charge in [0.1, 0.15) is 5.15 Å². The molecule has 0 saturated carbocycles. The molecule has 1 aromatic rings. The van der Waals surface area contributed by atoms with Crippen molar-refractivity contribution in [2.24, 2.45) is 0 Å². The van der Waals surface area contributed by atoms with Crippen molar-refractivity contribution in [1.29, 1.82) is 5.26 Å². The van der Waals surface area contributed by atoms with Crippen molar-refractivity contribution >= 4 is 27.3 Å². The Kier molecular flexibility index (Phi) is 3.50. The summed E-state index contributed by atoms with van der Waals surface area (Å²) < 4.78 is 24.7. The molecule has 7 heteroatoms. The molecule has 0 aromatic carbocycles. The van der Waals surface area contributed by atoms with Gasteiger partial charge < -0.3 is 0 Å². The van der Waals surface area contributed by atoms with E-state index in [1.165, 1.54) is 12.3 Å². The zero-order valence-electron chi connectivity index (χ0n) is 7.86. The number of nitriles is 1. The van der Waals surface area contributed by atoms with Gasteiger partial charge in [-0.25, -0.2) is 13.4 Å². The molecule has 0 atom stereocenters. The van der Waals surface area contributed by atoms with Crippen LogP contribution in [0.2, 0.25) is 5.15 Å². The van der Waals surface area contributed by atoms with Crippen LogP contribution in [0, 0.1) is 18.3 Å². The van der Waals surface area contributed by atoms with E-state index >= 15 is 0 Å². The zero-order chi connectivity index (χ0) is 11.5. The molecule has 0 unspecified atom stereocenters. The molecule has 0 fully saturated rings. The van der Waals surface area contributed by atoms with Crippen LogP contribution in [0.4, 0.5) is 5.69 Å². The van der Waals surface area contributed by atoms with Crippen molar-refractivity contribution in [2.45, 2.75) is 6.92 Å². The fourth-order valence-electron chi connectivity index (χ4n) is 0.917. The Hall–Kier alpha value is -1.32. The summed E-state index contributed by atoms with van der Waals surface area (Å²) in [7, 11) is -3.61. The zero-order valence-corrected chi connectivity index (χ0v) is 9.43. The average molecular weight is 246 g/mol. The highest BCUT2D eigenvalue weighted by molar-refractivity contribution is 7.92. The number of nitrogens with one attached hydrogen (secondary N) is 1. The molecule has 0 aliphatic carbocycles. The van der Waals surface area contributed by atoms with Gasteiger partial charge in [-0.2, -0.15) is 5.26 Å². The quantitative estimate of drug-likeness (QED) is 0.814. The molecule has 5 nitrogen and oxygen atoms in total. The second kappa shape index (κ2) is 4.47. The summed E-state index contributed by atoms with van der Waals surface area (Å²) in [5.41, 5.74) is 0.978. The summed E-state index contributed by atoms with van der Waals surface area (Å²) >= 11 is 5.61. The lowest BCUT2D eigenvalue weighted by atomic mass is 10.3. The number of pyridine rings is 1. The van der Waals surface area contributed by atoms with Crippen molar-refractivity contribution in [2.75, 3.05) is 10.5 Å². The summed E-state index contributed by atoms with van der Waals surface area (Å²) in [6, 6.07) is 3.10. The third-order valence-corrected chi connectivity index (χ3v) is 2.84. The Balaban J connectivity index is 2.96. The topological polar surface area (TPSA) is 82.8 Å². The molecule has 1 aromatic heterocycles. The largest absolute Gasteiger partial charge is 0.281 e. The molecule has 80 valence electrons. The highest BCUT2D eigenvalue weighted by atomic mass is 35.5. The average Bonchev–Trinajstić information content (AvgIpc) is 2.09. The first-order valence-electron chi connectivity index (χ1n) is 3.94. The molecule has 1 N–H and O–H groups in total. The van der Waals surface area contributed by atoms with Crippen LogP contribution >= 0.6 is 11.6 Å². The fraction of sp³-hybridized carbons (Fsp3) is 0.250. The second-order valence-corrected chi connectivity index (χ2v) is 4.95. The lowest BCUT2D eigenvalue weighted by Crippen LogP contribution is -2.16. The first-order chi connectivity index (χ1) is 6.94. The maximum Gasteiger partial charge on any atom is 0.246 e. The van der Waals surface area contributed by atoms with Gasteiger partial charge in [0, 0.05) is 0 Å². The van der Waals surface area contributed by atoms with Gasteiger partial charge in [-0.05, 0) is 18.6 Å². The molecule has 1 rings (SSSR count). The van der Waals surface area contributed by atoms with E-state index in [4.69, 9.17) is 16.9 Å². The van der Waals surface area contributed by atoms with Crippen LogP contribution < -0.4 is 4.72 Å². The molecule has 0 spiro atoms. The molecule has 0 amide bonds. The van der Waals surface area contributed by atoms with Crippen LogP contribution in [0.15, 0.2) is 12.3 Å². The normalized spacial score (nSPS) is 10.7. The van der Waals surface area contributed by atoms with Gasteiger partial charge in [-0.1, -0.05) is 11.6 Å². The van der Waals surface area contributed by atoms with Gasteiger partial charge in [-0.15, -0.1) is 0 Å². The van der Waals surface area contributed by atoms with E-state index < -0.39 is 15.8 Å². The Morgan fingerprint density at radius 1 is 1.67 bits per heavy atom. The Labute approximate surface area is 92.8 Å². The van der Waals surface area contributed by atoms with E-state index in [2.05, 4.69) is 9.71 Å². The van der Waals surface area contributed by atoms with Crippen molar-refractivity contribution < 1.29 is 8.42 Å². The first-order valence-corrected chi connectivity index (χ1v) is 5.97. The van der Waals surface area contributed by atoms with Crippen molar-refractivity contribution in [3.05, 3.63) is 23.0 Å². The van der Waals surface area contributed by atoms with E-state index in [1.807, 2.05) is 0 Å². The molecule has 0 aliphatic heterocycles. The number of hydrogen-bond acceptors (Lipinski definition) is 4. The van der Waals surface area contributed by atoms with Crippen LogP contribution in [-0.4, -0.2) is 19.2 Å². The molecule has 0 saturated heterocycles. The van der Waals surface area contributed by atoms with Gasteiger partial charge in [0.05, 0.1) is 18.0 Å². The number of aryl methyl sites for hydroxylation is 1. The summed E-state index contributed by atoms with van der Waals surface area (Å²) in [5, 5.41) is 8.58. The fourth-order valence-corrected chi connectivity index (χ4v) is 1.92. The van der Waals surface area contributed by atoms with Crippen LogP contribution in [0.25, 0.3) is 0 Å². The Morgan fingerprint density at radius 2 is 2.33 bits per heavy atom. The van der Waals surface area contributed by atoms with Crippen LogP contribution in [0.1, 0.15) is 5.56 Å². The molecular formula is C8H8ClN3O2S. The summed E-state index contributed by atoms with van der Waals surface area (Å²) in [4.78, 5) is 3.74. The number of rotatable bonds is 3. The van der Waals surface area contributed by atoms with Crippen molar-refractivity contribution in [1.82, 2.24) is 4.98 Å². The Morgan fingerprint density at radius 3 is 2.87 bits per heavy atom. The molecule has 0 radical (unpaired) electrons. The van der Waals surface area contributed by atoms with E-state index in [1.54, 1.807) is 13.0 Å². The number of anilines is 1. The van der Waals surface area contributed by atoms with E-state index in [0.29, 0.717) is 11.3 Å². The van der Waals surface area contributed by atoms with Gasteiger partial charge in [0.25, 0.3) is 0 Å². The Bertz CT molecular complexity index is 507. The van der Waals surface area contributed by atoms with Gasteiger partial charge in [0.15, 0.2) is 5.75 Å². The molecule has 15 heavy (non-hydrogen) atoms. The highest BCUT2D eigenvalue weighted by Gasteiger charge is 2.11. The number of halogens is 1. The van der Waals surface area contributed by atoms with Crippen molar-refractivity contribution in [3.63, 3.8) is 0 Å². The van der Waals surface area contributed by atoms with E-state index in [9.17, 15) is 8.42 Å². The molecule has 0 aliphatic rings.